The molecule has 2 heterocycles. The Morgan fingerprint density at radius 2 is 1.81 bits per heavy atom. The van der Waals surface area contributed by atoms with Gasteiger partial charge in [-0.1, -0.05) is 0 Å². The Morgan fingerprint density at radius 3 is 2.50 bits per heavy atom. The molecular weight excluding hydrogens is 200 g/mol. The van der Waals surface area contributed by atoms with Crippen molar-refractivity contribution in [2.45, 2.75) is 37.4 Å². The van der Waals surface area contributed by atoms with Gasteiger partial charge in [0.2, 0.25) is 0 Å². The van der Waals surface area contributed by atoms with Crippen LogP contribution in [0.5, 0.6) is 0 Å². The second-order valence-electron chi connectivity index (χ2n) is 5.68. The highest BCUT2D eigenvalue weighted by atomic mass is 15.2. The molecule has 0 amide bonds. The Hall–Kier alpha value is -0.160. The van der Waals surface area contributed by atoms with Crippen LogP contribution in [-0.4, -0.2) is 68.2 Å². The average molecular weight is 226 g/mol. The van der Waals surface area contributed by atoms with Crippen molar-refractivity contribution in [1.82, 2.24) is 15.1 Å². The summed E-state index contributed by atoms with van der Waals surface area (Å²) in [6, 6.07) is 1.60. The monoisotopic (exact) mass is 226 g/mol. The molecule has 0 bridgehead atoms. The lowest BCUT2D eigenvalue weighted by Gasteiger charge is -2.38. The molecule has 3 atom stereocenters. The number of piperidine rings is 2. The van der Waals surface area contributed by atoms with Gasteiger partial charge in [-0.3, -0.25) is 0 Å². The Labute approximate surface area is 99.2 Å². The zero-order valence-electron chi connectivity index (χ0n) is 10.7. The quantitative estimate of drug-likeness (QED) is 0.679. The number of hydrogen-bond donors (Lipinski definition) is 2. The van der Waals surface area contributed by atoms with Crippen LogP contribution in [-0.2, 0) is 0 Å². The minimum absolute atomic E-state index is 0.345. The lowest BCUT2D eigenvalue weighted by Crippen LogP contribution is -2.56. The SMILES string of the molecule is CN1CCCC(NC2C[C@H](N)CN(C)C2)C1. The highest BCUT2D eigenvalue weighted by Crippen LogP contribution is 2.13. The number of nitrogens with zero attached hydrogens (tertiary/aromatic N) is 2. The largest absolute Gasteiger partial charge is 0.326 e. The average Bonchev–Trinajstić information content (AvgIpc) is 2.15. The molecule has 0 saturated carbocycles. The summed E-state index contributed by atoms with van der Waals surface area (Å²) in [6.45, 7) is 4.63. The summed E-state index contributed by atoms with van der Waals surface area (Å²) in [6.07, 6.45) is 3.77. The lowest BCUT2D eigenvalue weighted by atomic mass is 9.99. The Kier molecular flexibility index (Phi) is 4.19. The Morgan fingerprint density at radius 1 is 1.06 bits per heavy atom. The Bertz CT molecular complexity index is 211. The van der Waals surface area contributed by atoms with Crippen molar-refractivity contribution in [3.05, 3.63) is 0 Å². The van der Waals surface area contributed by atoms with E-state index in [4.69, 9.17) is 5.73 Å². The van der Waals surface area contributed by atoms with Gasteiger partial charge >= 0.3 is 0 Å². The molecule has 0 aromatic carbocycles. The normalized spacial score (nSPS) is 38.8. The van der Waals surface area contributed by atoms with Crippen molar-refractivity contribution >= 4 is 0 Å². The van der Waals surface area contributed by atoms with E-state index in [1.54, 1.807) is 0 Å². The van der Waals surface area contributed by atoms with Gasteiger partial charge in [-0.25, -0.2) is 0 Å². The van der Waals surface area contributed by atoms with E-state index in [1.807, 2.05) is 0 Å². The fourth-order valence-corrected chi connectivity index (χ4v) is 3.12. The summed E-state index contributed by atoms with van der Waals surface area (Å²) in [5, 5.41) is 3.79. The fraction of sp³-hybridized carbons (Fsp3) is 1.00. The van der Waals surface area contributed by atoms with Gasteiger partial charge < -0.3 is 20.9 Å². The molecule has 2 fully saturated rings. The van der Waals surface area contributed by atoms with Crippen LogP contribution in [0.15, 0.2) is 0 Å². The van der Waals surface area contributed by atoms with Crippen molar-refractivity contribution in [3.63, 3.8) is 0 Å². The van der Waals surface area contributed by atoms with E-state index in [0.717, 1.165) is 19.5 Å². The predicted octanol–water partition coefficient (Wildman–Crippen LogP) is -0.298. The standard InChI is InChI=1S/C12H26N4/c1-15-5-3-4-11(8-15)14-12-6-10(13)7-16(2)9-12/h10-12,14H,3-9,13H2,1-2H3/t10-,11?,12?/m0/s1. The number of hydrogen-bond acceptors (Lipinski definition) is 4. The molecule has 2 aliphatic heterocycles. The van der Waals surface area contributed by atoms with Crippen LogP contribution in [0.1, 0.15) is 19.3 Å². The van der Waals surface area contributed by atoms with E-state index in [1.165, 1.54) is 25.9 Å². The third-order valence-corrected chi connectivity index (χ3v) is 3.76. The zero-order chi connectivity index (χ0) is 11.5. The van der Waals surface area contributed by atoms with Crippen LogP contribution >= 0.6 is 0 Å². The maximum atomic E-state index is 6.06. The maximum absolute atomic E-state index is 6.06. The summed E-state index contributed by atoms with van der Waals surface area (Å²) in [7, 11) is 4.38. The van der Waals surface area contributed by atoms with Gasteiger partial charge in [0.15, 0.2) is 0 Å². The Balaban J connectivity index is 1.79. The van der Waals surface area contributed by atoms with E-state index in [9.17, 15) is 0 Å². The maximum Gasteiger partial charge on any atom is 0.0213 e. The molecule has 0 aromatic rings. The third kappa shape index (κ3) is 3.42. The molecule has 4 heteroatoms. The molecular formula is C12H26N4. The molecule has 4 nitrogen and oxygen atoms in total. The lowest BCUT2D eigenvalue weighted by molar-refractivity contribution is 0.165. The minimum Gasteiger partial charge on any atom is -0.326 e. The molecule has 2 aliphatic rings. The fourth-order valence-electron chi connectivity index (χ4n) is 3.12. The number of likely N-dealkylation sites (tertiary alicyclic amines) is 2. The van der Waals surface area contributed by atoms with Crippen molar-refractivity contribution < 1.29 is 0 Å². The third-order valence-electron chi connectivity index (χ3n) is 3.76. The van der Waals surface area contributed by atoms with Gasteiger partial charge in [0.1, 0.15) is 0 Å². The number of rotatable bonds is 2. The van der Waals surface area contributed by atoms with Crippen molar-refractivity contribution in [3.8, 4) is 0 Å². The van der Waals surface area contributed by atoms with E-state index >= 15 is 0 Å². The van der Waals surface area contributed by atoms with Crippen LogP contribution in [0, 0.1) is 0 Å². The van der Waals surface area contributed by atoms with Crippen molar-refractivity contribution in [2.24, 2.45) is 5.73 Å². The van der Waals surface area contributed by atoms with Crippen LogP contribution in [0.3, 0.4) is 0 Å². The van der Waals surface area contributed by atoms with Gasteiger partial charge in [0, 0.05) is 37.8 Å². The summed E-state index contributed by atoms with van der Waals surface area (Å²) in [5.41, 5.74) is 6.06. The zero-order valence-corrected chi connectivity index (χ0v) is 10.7. The number of likely N-dealkylation sites (N-methyl/N-ethyl adjacent to an activating group) is 2. The summed E-state index contributed by atoms with van der Waals surface area (Å²) in [4.78, 5) is 4.77. The van der Waals surface area contributed by atoms with Crippen molar-refractivity contribution in [2.75, 3.05) is 40.3 Å². The van der Waals surface area contributed by atoms with Crippen LogP contribution < -0.4 is 11.1 Å². The van der Waals surface area contributed by atoms with Gasteiger partial charge in [-0.2, -0.15) is 0 Å². The second kappa shape index (κ2) is 5.45. The highest BCUT2D eigenvalue weighted by molar-refractivity contribution is 4.88. The molecule has 2 saturated heterocycles. The van der Waals surface area contributed by atoms with Gasteiger partial charge in [-0.15, -0.1) is 0 Å². The molecule has 16 heavy (non-hydrogen) atoms. The van der Waals surface area contributed by atoms with E-state index in [2.05, 4.69) is 29.2 Å². The molecule has 2 rings (SSSR count). The molecule has 0 aromatic heterocycles. The molecule has 0 spiro atoms. The van der Waals surface area contributed by atoms with Gasteiger partial charge in [-0.05, 0) is 39.9 Å². The molecule has 94 valence electrons. The molecule has 0 radical (unpaired) electrons. The number of nitrogens with two attached hydrogens (primary N) is 1. The van der Waals surface area contributed by atoms with Crippen molar-refractivity contribution in [1.29, 1.82) is 0 Å². The molecule has 3 N–H and O–H groups in total. The van der Waals surface area contributed by atoms with Crippen LogP contribution in [0.25, 0.3) is 0 Å². The van der Waals surface area contributed by atoms with Gasteiger partial charge in [0.05, 0.1) is 0 Å². The summed E-state index contributed by atoms with van der Waals surface area (Å²) >= 11 is 0. The summed E-state index contributed by atoms with van der Waals surface area (Å²) < 4.78 is 0. The summed E-state index contributed by atoms with van der Waals surface area (Å²) in [5.74, 6) is 0. The highest BCUT2D eigenvalue weighted by Gasteiger charge is 2.26. The van der Waals surface area contributed by atoms with Crippen LogP contribution in [0.2, 0.25) is 0 Å². The number of nitrogens with one attached hydrogen (secondary N) is 1. The van der Waals surface area contributed by atoms with E-state index < -0.39 is 0 Å². The van der Waals surface area contributed by atoms with E-state index in [0.29, 0.717) is 18.1 Å². The minimum atomic E-state index is 0.345. The first-order valence-electron chi connectivity index (χ1n) is 6.52. The molecule has 0 aliphatic carbocycles. The first kappa shape index (κ1) is 12.3. The smallest absolute Gasteiger partial charge is 0.0213 e. The first-order chi connectivity index (χ1) is 7.63. The van der Waals surface area contributed by atoms with E-state index in [-0.39, 0.29) is 0 Å². The topological polar surface area (TPSA) is 44.5 Å². The van der Waals surface area contributed by atoms with Crippen LogP contribution in [0.4, 0.5) is 0 Å². The van der Waals surface area contributed by atoms with Gasteiger partial charge in [0.25, 0.3) is 0 Å². The second-order valence-corrected chi connectivity index (χ2v) is 5.68. The predicted molar refractivity (Wildman–Crippen MR) is 67.5 cm³/mol. The molecule has 2 unspecified atom stereocenters. The first-order valence-corrected chi connectivity index (χ1v) is 6.52.